The first-order chi connectivity index (χ1) is 9.62. The number of nitrogens with one attached hydrogen (secondary N) is 1. The van der Waals surface area contributed by atoms with Gasteiger partial charge in [0.15, 0.2) is 0 Å². The van der Waals surface area contributed by atoms with Crippen molar-refractivity contribution in [3.05, 3.63) is 17.8 Å². The fourth-order valence-electron chi connectivity index (χ4n) is 1.70. The normalized spacial score (nSPS) is 11.9. The van der Waals surface area contributed by atoms with E-state index in [1.165, 1.54) is 17.8 Å². The molecule has 0 saturated carbocycles. The van der Waals surface area contributed by atoms with Crippen molar-refractivity contribution in [2.24, 2.45) is 0 Å². The highest BCUT2D eigenvalue weighted by Crippen LogP contribution is 2.20. The van der Waals surface area contributed by atoms with Crippen molar-refractivity contribution in [1.29, 1.82) is 0 Å². The average Bonchev–Trinajstić information content (AvgIpc) is 2.67. The summed E-state index contributed by atoms with van der Waals surface area (Å²) in [6.45, 7) is 8.66. The van der Waals surface area contributed by atoms with Gasteiger partial charge in [0.2, 0.25) is 11.8 Å². The van der Waals surface area contributed by atoms with Gasteiger partial charge in [-0.05, 0) is 33.8 Å². The van der Waals surface area contributed by atoms with E-state index in [4.69, 9.17) is 9.84 Å². The lowest BCUT2D eigenvalue weighted by atomic mass is 10.1. The van der Waals surface area contributed by atoms with E-state index in [1.54, 1.807) is 26.1 Å². The van der Waals surface area contributed by atoms with Gasteiger partial charge in [-0.2, -0.15) is 5.10 Å². The molecule has 0 spiro atoms. The van der Waals surface area contributed by atoms with Crippen molar-refractivity contribution >= 4 is 18.1 Å². The number of carbonyl (C=O) groups is 2. The summed E-state index contributed by atoms with van der Waals surface area (Å²) in [5.41, 5.74) is -0.596. The first-order valence-corrected chi connectivity index (χ1v) is 6.58. The maximum atomic E-state index is 11.1. The molecule has 0 radical (unpaired) electrons. The monoisotopic (exact) mass is 295 g/mol. The molecule has 1 aromatic heterocycles. The number of carboxylic acids is 1. The van der Waals surface area contributed by atoms with Gasteiger partial charge in [-0.25, -0.2) is 9.48 Å². The van der Waals surface area contributed by atoms with Crippen LogP contribution in [0.15, 0.2) is 12.3 Å². The minimum atomic E-state index is -1.11. The van der Waals surface area contributed by atoms with E-state index in [2.05, 4.69) is 10.4 Å². The smallest absolute Gasteiger partial charge is 0.342 e. The van der Waals surface area contributed by atoms with Crippen molar-refractivity contribution in [3.63, 3.8) is 0 Å². The molecule has 0 bridgehead atoms. The van der Waals surface area contributed by atoms with Crippen molar-refractivity contribution in [1.82, 2.24) is 15.1 Å². The molecule has 1 rings (SSSR count). The maximum Gasteiger partial charge on any atom is 0.342 e. The average molecular weight is 295 g/mol. The van der Waals surface area contributed by atoms with E-state index in [1.807, 2.05) is 13.8 Å². The van der Waals surface area contributed by atoms with Gasteiger partial charge in [0.05, 0.1) is 17.8 Å². The van der Waals surface area contributed by atoms with Gasteiger partial charge < -0.3 is 15.2 Å². The topological polar surface area (TPSA) is 93.5 Å². The molecule has 7 nitrogen and oxygen atoms in total. The predicted octanol–water partition coefficient (Wildman–Crippen LogP) is 1.75. The molecular formula is C14H21N3O4. The second-order valence-electron chi connectivity index (χ2n) is 5.50. The number of rotatable bonds is 6. The SMILES string of the molecule is CC(=O)NC(C)(C)/C=C/n1ncc(C(=O)O)c1OC(C)C. The van der Waals surface area contributed by atoms with E-state index in [0.29, 0.717) is 0 Å². The summed E-state index contributed by atoms with van der Waals surface area (Å²) in [5, 5.41) is 15.9. The van der Waals surface area contributed by atoms with Crippen LogP contribution in [-0.2, 0) is 4.79 Å². The van der Waals surface area contributed by atoms with Crippen LogP contribution >= 0.6 is 0 Å². The number of hydrogen-bond acceptors (Lipinski definition) is 4. The number of aromatic carboxylic acids is 1. The highest BCUT2D eigenvalue weighted by atomic mass is 16.5. The molecule has 21 heavy (non-hydrogen) atoms. The van der Waals surface area contributed by atoms with Crippen LogP contribution < -0.4 is 10.1 Å². The van der Waals surface area contributed by atoms with Crippen LogP contribution in [0.4, 0.5) is 0 Å². The summed E-state index contributed by atoms with van der Waals surface area (Å²) in [5.74, 6) is -1.10. The fraction of sp³-hybridized carbons (Fsp3) is 0.500. The molecule has 0 unspecified atom stereocenters. The molecule has 0 saturated heterocycles. The van der Waals surface area contributed by atoms with Crippen molar-refractivity contribution in [3.8, 4) is 5.88 Å². The Kier molecular flexibility index (Phi) is 5.12. The Morgan fingerprint density at radius 3 is 2.57 bits per heavy atom. The quantitative estimate of drug-likeness (QED) is 0.834. The second-order valence-corrected chi connectivity index (χ2v) is 5.50. The molecule has 116 valence electrons. The Balaban J connectivity index is 3.08. The van der Waals surface area contributed by atoms with Crippen LogP contribution in [0.25, 0.3) is 6.20 Å². The summed E-state index contributed by atoms with van der Waals surface area (Å²) in [6, 6.07) is 0. The number of hydrogen-bond donors (Lipinski definition) is 2. The molecule has 1 heterocycles. The van der Waals surface area contributed by atoms with Gasteiger partial charge >= 0.3 is 5.97 Å². The molecule has 1 aromatic rings. The highest BCUT2D eigenvalue weighted by Gasteiger charge is 2.20. The molecule has 0 aliphatic heterocycles. The van der Waals surface area contributed by atoms with Crippen LogP contribution in [0.1, 0.15) is 45.0 Å². The Labute approximate surface area is 123 Å². The molecule has 0 atom stereocenters. The minimum absolute atomic E-state index is 0.00863. The van der Waals surface area contributed by atoms with Gasteiger partial charge in [0.25, 0.3) is 0 Å². The van der Waals surface area contributed by atoms with Crippen LogP contribution in [0, 0.1) is 0 Å². The number of ether oxygens (including phenoxy) is 1. The lowest BCUT2D eigenvalue weighted by Crippen LogP contribution is -2.40. The summed E-state index contributed by atoms with van der Waals surface area (Å²) in [4.78, 5) is 22.3. The van der Waals surface area contributed by atoms with E-state index in [9.17, 15) is 9.59 Å². The minimum Gasteiger partial charge on any atom is -0.477 e. The lowest BCUT2D eigenvalue weighted by Gasteiger charge is -2.21. The molecule has 0 fully saturated rings. The summed E-state index contributed by atoms with van der Waals surface area (Å²) in [6.07, 6.45) is 4.33. The summed E-state index contributed by atoms with van der Waals surface area (Å²) >= 11 is 0. The zero-order valence-electron chi connectivity index (χ0n) is 12.9. The predicted molar refractivity (Wildman–Crippen MR) is 78.2 cm³/mol. The molecule has 7 heteroatoms. The standard InChI is InChI=1S/C14H21N3O4/c1-9(2)21-12-11(13(19)20)8-15-17(12)7-6-14(4,5)16-10(3)18/h6-9H,1-5H3,(H,16,18)(H,19,20)/b7-6+. The third-order valence-corrected chi connectivity index (χ3v) is 2.46. The third kappa shape index (κ3) is 4.94. The Morgan fingerprint density at radius 1 is 1.48 bits per heavy atom. The molecule has 0 aliphatic rings. The van der Waals surface area contributed by atoms with E-state index >= 15 is 0 Å². The van der Waals surface area contributed by atoms with Crippen LogP contribution in [0.5, 0.6) is 5.88 Å². The van der Waals surface area contributed by atoms with Gasteiger partial charge in [0.1, 0.15) is 5.56 Å². The first kappa shape index (κ1) is 16.7. The van der Waals surface area contributed by atoms with Crippen LogP contribution in [0.3, 0.4) is 0 Å². The van der Waals surface area contributed by atoms with E-state index in [-0.39, 0.29) is 23.5 Å². The van der Waals surface area contributed by atoms with Crippen molar-refractivity contribution in [2.75, 3.05) is 0 Å². The lowest BCUT2D eigenvalue weighted by molar-refractivity contribution is -0.120. The zero-order valence-corrected chi connectivity index (χ0v) is 12.9. The van der Waals surface area contributed by atoms with E-state index in [0.717, 1.165) is 0 Å². The zero-order chi connectivity index (χ0) is 16.2. The number of amides is 1. The Hall–Kier alpha value is -2.31. The molecular weight excluding hydrogens is 274 g/mol. The second kappa shape index (κ2) is 6.43. The molecule has 1 amide bonds. The Morgan fingerprint density at radius 2 is 2.10 bits per heavy atom. The number of nitrogens with zero attached hydrogens (tertiary/aromatic N) is 2. The number of aromatic nitrogens is 2. The first-order valence-electron chi connectivity index (χ1n) is 6.58. The van der Waals surface area contributed by atoms with Gasteiger partial charge in [-0.3, -0.25) is 4.79 Å². The fourth-order valence-corrected chi connectivity index (χ4v) is 1.70. The summed E-state index contributed by atoms with van der Waals surface area (Å²) < 4.78 is 6.85. The van der Waals surface area contributed by atoms with Gasteiger partial charge in [-0.1, -0.05) is 0 Å². The van der Waals surface area contributed by atoms with Crippen LogP contribution in [0.2, 0.25) is 0 Å². The highest BCUT2D eigenvalue weighted by molar-refractivity contribution is 5.90. The molecule has 2 N–H and O–H groups in total. The maximum absolute atomic E-state index is 11.1. The number of carbonyl (C=O) groups excluding carboxylic acids is 1. The third-order valence-electron chi connectivity index (χ3n) is 2.46. The molecule has 0 aliphatic carbocycles. The van der Waals surface area contributed by atoms with Gasteiger partial charge in [0, 0.05) is 13.1 Å². The van der Waals surface area contributed by atoms with Crippen LogP contribution in [-0.4, -0.2) is 38.4 Å². The van der Waals surface area contributed by atoms with Gasteiger partial charge in [-0.15, -0.1) is 0 Å². The Bertz CT molecular complexity index is 559. The largest absolute Gasteiger partial charge is 0.477 e. The number of carboxylic acid groups (broad SMARTS) is 1. The summed E-state index contributed by atoms with van der Waals surface area (Å²) in [7, 11) is 0. The molecule has 0 aromatic carbocycles. The van der Waals surface area contributed by atoms with Crippen molar-refractivity contribution in [2.45, 2.75) is 46.3 Å². The van der Waals surface area contributed by atoms with E-state index < -0.39 is 11.5 Å². The van der Waals surface area contributed by atoms with Crippen molar-refractivity contribution < 1.29 is 19.4 Å².